The van der Waals surface area contributed by atoms with Crippen molar-refractivity contribution in [1.82, 2.24) is 9.78 Å². The molecule has 8 heteroatoms. The lowest BCUT2D eigenvalue weighted by molar-refractivity contribution is 0.102. The second-order valence-corrected chi connectivity index (χ2v) is 4.85. The number of halogens is 4. The molecule has 1 aromatic heterocycles. The quantitative estimate of drug-likeness (QED) is 0.742. The fourth-order valence-corrected chi connectivity index (χ4v) is 2.03. The van der Waals surface area contributed by atoms with Crippen molar-refractivity contribution < 1.29 is 22.4 Å². The van der Waals surface area contributed by atoms with Gasteiger partial charge in [-0.1, -0.05) is 0 Å². The Balaban J connectivity index is 1.85. The highest BCUT2D eigenvalue weighted by Crippen LogP contribution is 2.18. The summed E-state index contributed by atoms with van der Waals surface area (Å²) in [7, 11) is 0. The van der Waals surface area contributed by atoms with Crippen molar-refractivity contribution in [1.29, 1.82) is 0 Å². The number of benzene rings is 2. The summed E-state index contributed by atoms with van der Waals surface area (Å²) in [6.45, 7) is 0. The fraction of sp³-hybridized carbons (Fsp3) is 0. The summed E-state index contributed by atoms with van der Waals surface area (Å²) >= 11 is 0. The first kappa shape index (κ1) is 15.7. The number of hydrogen-bond donors (Lipinski definition) is 1. The Morgan fingerprint density at radius 3 is 2.42 bits per heavy atom. The van der Waals surface area contributed by atoms with Crippen molar-refractivity contribution in [2.45, 2.75) is 0 Å². The van der Waals surface area contributed by atoms with Crippen LogP contribution >= 0.6 is 0 Å². The van der Waals surface area contributed by atoms with Gasteiger partial charge in [0.25, 0.3) is 5.91 Å². The van der Waals surface area contributed by atoms with E-state index < -0.39 is 29.2 Å². The standard InChI is InChI=1S/C16H9F4N3O/c17-10-2-4-15(13(20)5-10)23-8-9(7-21-23)16(24)22-14-6-11(18)1-3-12(14)19/h1-8H,(H,22,24). The highest BCUT2D eigenvalue weighted by molar-refractivity contribution is 6.04. The zero-order valence-corrected chi connectivity index (χ0v) is 11.9. The summed E-state index contributed by atoms with van der Waals surface area (Å²) < 4.78 is 54.3. The van der Waals surface area contributed by atoms with Crippen LogP contribution in [-0.4, -0.2) is 15.7 Å². The van der Waals surface area contributed by atoms with Crippen LogP contribution < -0.4 is 5.32 Å². The van der Waals surface area contributed by atoms with E-state index in [1.807, 2.05) is 0 Å². The Morgan fingerprint density at radius 1 is 0.958 bits per heavy atom. The number of hydrogen-bond acceptors (Lipinski definition) is 2. The molecule has 0 aliphatic carbocycles. The molecule has 0 radical (unpaired) electrons. The molecule has 0 saturated heterocycles. The topological polar surface area (TPSA) is 46.9 Å². The third-order valence-electron chi connectivity index (χ3n) is 3.18. The molecular formula is C16H9F4N3O. The van der Waals surface area contributed by atoms with E-state index in [1.54, 1.807) is 0 Å². The van der Waals surface area contributed by atoms with Crippen LogP contribution in [0.2, 0.25) is 0 Å². The van der Waals surface area contributed by atoms with E-state index >= 15 is 0 Å². The molecular weight excluding hydrogens is 326 g/mol. The lowest BCUT2D eigenvalue weighted by atomic mass is 10.2. The Kier molecular flexibility index (Phi) is 4.03. The molecule has 0 atom stereocenters. The van der Waals surface area contributed by atoms with Crippen molar-refractivity contribution in [2.24, 2.45) is 0 Å². The number of nitrogens with zero attached hydrogens (tertiary/aromatic N) is 2. The SMILES string of the molecule is O=C(Nc1cc(F)ccc1F)c1cnn(-c2ccc(F)cc2F)c1. The first-order valence-electron chi connectivity index (χ1n) is 6.70. The van der Waals surface area contributed by atoms with E-state index in [0.29, 0.717) is 6.07 Å². The maximum atomic E-state index is 13.7. The predicted octanol–water partition coefficient (Wildman–Crippen LogP) is 3.68. The lowest BCUT2D eigenvalue weighted by Crippen LogP contribution is -2.12. The second-order valence-electron chi connectivity index (χ2n) is 4.85. The molecule has 3 aromatic rings. The van der Waals surface area contributed by atoms with Gasteiger partial charge in [0, 0.05) is 18.3 Å². The first-order chi connectivity index (χ1) is 11.4. The van der Waals surface area contributed by atoms with Gasteiger partial charge in [-0.3, -0.25) is 4.79 Å². The van der Waals surface area contributed by atoms with Crippen molar-refractivity contribution >= 4 is 11.6 Å². The van der Waals surface area contributed by atoms with Gasteiger partial charge in [-0.15, -0.1) is 0 Å². The average Bonchev–Trinajstić information content (AvgIpc) is 3.00. The number of nitrogens with one attached hydrogen (secondary N) is 1. The summed E-state index contributed by atoms with van der Waals surface area (Å²) in [4.78, 5) is 12.1. The van der Waals surface area contributed by atoms with Crippen LogP contribution in [0.25, 0.3) is 5.69 Å². The van der Waals surface area contributed by atoms with Crippen LogP contribution in [0.4, 0.5) is 23.2 Å². The van der Waals surface area contributed by atoms with Gasteiger partial charge in [-0.25, -0.2) is 22.2 Å². The molecule has 0 aliphatic heterocycles. The zero-order valence-electron chi connectivity index (χ0n) is 11.9. The van der Waals surface area contributed by atoms with Gasteiger partial charge in [0.2, 0.25) is 0 Å². The average molecular weight is 335 g/mol. The Hall–Kier alpha value is -3.16. The third-order valence-corrected chi connectivity index (χ3v) is 3.18. The maximum Gasteiger partial charge on any atom is 0.258 e. The van der Waals surface area contributed by atoms with Crippen molar-refractivity contribution in [2.75, 3.05) is 5.32 Å². The predicted molar refractivity (Wildman–Crippen MR) is 77.8 cm³/mol. The highest BCUT2D eigenvalue weighted by atomic mass is 19.1. The van der Waals surface area contributed by atoms with Crippen molar-refractivity contribution in [3.05, 3.63) is 77.6 Å². The summed E-state index contributed by atoms with van der Waals surface area (Å²) in [6, 6.07) is 5.51. The Bertz CT molecular complexity index is 923. The van der Waals surface area contributed by atoms with E-state index in [1.165, 1.54) is 6.20 Å². The van der Waals surface area contributed by atoms with E-state index in [9.17, 15) is 22.4 Å². The molecule has 0 saturated carbocycles. The van der Waals surface area contributed by atoms with E-state index in [0.717, 1.165) is 41.2 Å². The molecule has 2 aromatic carbocycles. The lowest BCUT2D eigenvalue weighted by Gasteiger charge is -2.05. The largest absolute Gasteiger partial charge is 0.319 e. The molecule has 4 nitrogen and oxygen atoms in total. The summed E-state index contributed by atoms with van der Waals surface area (Å²) in [5.74, 6) is -3.88. The summed E-state index contributed by atoms with van der Waals surface area (Å²) in [5.41, 5.74) is -0.407. The minimum absolute atomic E-state index is 0.0117. The van der Waals surface area contributed by atoms with Crippen LogP contribution in [0.15, 0.2) is 48.8 Å². The van der Waals surface area contributed by atoms with Gasteiger partial charge in [0.15, 0.2) is 5.82 Å². The summed E-state index contributed by atoms with van der Waals surface area (Å²) in [6.07, 6.45) is 2.30. The molecule has 1 heterocycles. The number of rotatable bonds is 3. The molecule has 0 fully saturated rings. The zero-order chi connectivity index (χ0) is 17.3. The van der Waals surface area contributed by atoms with Crippen LogP contribution in [0.3, 0.4) is 0 Å². The fourth-order valence-electron chi connectivity index (χ4n) is 2.03. The smallest absolute Gasteiger partial charge is 0.258 e. The number of aromatic nitrogens is 2. The summed E-state index contributed by atoms with van der Waals surface area (Å²) in [5, 5.41) is 6.00. The van der Waals surface area contributed by atoms with E-state index in [-0.39, 0.29) is 16.9 Å². The van der Waals surface area contributed by atoms with Gasteiger partial charge in [-0.05, 0) is 24.3 Å². The van der Waals surface area contributed by atoms with Gasteiger partial charge < -0.3 is 5.32 Å². The molecule has 0 bridgehead atoms. The molecule has 0 aliphatic rings. The third kappa shape index (κ3) is 3.12. The van der Waals surface area contributed by atoms with Crippen LogP contribution in [-0.2, 0) is 0 Å². The maximum absolute atomic E-state index is 13.7. The second kappa shape index (κ2) is 6.15. The molecule has 0 unspecified atom stereocenters. The molecule has 3 rings (SSSR count). The Labute approximate surface area is 133 Å². The normalized spacial score (nSPS) is 10.7. The number of amides is 1. The van der Waals surface area contributed by atoms with Crippen molar-refractivity contribution in [3.8, 4) is 5.69 Å². The van der Waals surface area contributed by atoms with Gasteiger partial charge in [0.1, 0.15) is 23.1 Å². The van der Waals surface area contributed by atoms with Crippen LogP contribution in [0, 0.1) is 23.3 Å². The van der Waals surface area contributed by atoms with Crippen LogP contribution in [0.1, 0.15) is 10.4 Å². The molecule has 0 spiro atoms. The molecule has 1 amide bonds. The van der Waals surface area contributed by atoms with E-state index in [4.69, 9.17) is 0 Å². The van der Waals surface area contributed by atoms with Gasteiger partial charge in [0.05, 0.1) is 17.4 Å². The minimum atomic E-state index is -0.860. The Morgan fingerprint density at radius 2 is 1.67 bits per heavy atom. The molecule has 122 valence electrons. The number of carbonyl (C=O) groups is 1. The molecule has 24 heavy (non-hydrogen) atoms. The van der Waals surface area contributed by atoms with Gasteiger partial charge >= 0.3 is 0 Å². The van der Waals surface area contributed by atoms with Crippen molar-refractivity contribution in [3.63, 3.8) is 0 Å². The number of carbonyl (C=O) groups excluding carboxylic acids is 1. The monoisotopic (exact) mass is 335 g/mol. The highest BCUT2D eigenvalue weighted by Gasteiger charge is 2.14. The minimum Gasteiger partial charge on any atom is -0.319 e. The number of anilines is 1. The van der Waals surface area contributed by atoms with E-state index in [2.05, 4.69) is 10.4 Å². The van der Waals surface area contributed by atoms with Crippen LogP contribution in [0.5, 0.6) is 0 Å². The first-order valence-corrected chi connectivity index (χ1v) is 6.70. The molecule has 1 N–H and O–H groups in total. The van der Waals surface area contributed by atoms with Gasteiger partial charge in [-0.2, -0.15) is 5.10 Å².